The van der Waals surface area contributed by atoms with Crippen LogP contribution in [0.4, 0.5) is 0 Å². The van der Waals surface area contributed by atoms with E-state index >= 15 is 0 Å². The number of benzene rings is 1. The van der Waals surface area contributed by atoms with E-state index in [1.54, 1.807) is 4.68 Å². The molecule has 1 atom stereocenters. The van der Waals surface area contributed by atoms with Gasteiger partial charge in [0.2, 0.25) is 11.1 Å². The molecule has 24 heavy (non-hydrogen) atoms. The van der Waals surface area contributed by atoms with Crippen molar-refractivity contribution in [2.24, 2.45) is 0 Å². The maximum atomic E-state index is 12.5. The Labute approximate surface area is 146 Å². The molecule has 0 saturated carbocycles. The zero-order valence-electron chi connectivity index (χ0n) is 14.4. The number of carbonyl (C=O) groups excluding carboxylic acids is 1. The summed E-state index contributed by atoms with van der Waals surface area (Å²) in [5.74, 6) is 0.539. The van der Waals surface area contributed by atoms with Gasteiger partial charge in [-0.15, -0.1) is 5.10 Å². The predicted molar refractivity (Wildman–Crippen MR) is 94.4 cm³/mol. The number of amides is 1. The lowest BCUT2D eigenvalue weighted by molar-refractivity contribution is -0.131. The van der Waals surface area contributed by atoms with Crippen molar-refractivity contribution >= 4 is 17.7 Å². The number of nitrogens with zero attached hydrogens (tertiary/aromatic N) is 5. The molecule has 7 heteroatoms. The maximum Gasteiger partial charge on any atom is 0.233 e. The van der Waals surface area contributed by atoms with Crippen LogP contribution in [0.2, 0.25) is 0 Å². The number of hydrogen-bond acceptors (Lipinski definition) is 5. The number of rotatable bonds is 4. The zero-order valence-corrected chi connectivity index (χ0v) is 15.2. The second-order valence-corrected chi connectivity index (χ2v) is 7.30. The van der Waals surface area contributed by atoms with Gasteiger partial charge in [0, 0.05) is 12.6 Å². The smallest absolute Gasteiger partial charge is 0.233 e. The summed E-state index contributed by atoms with van der Waals surface area (Å²) in [6.07, 6.45) is 3.40. The molecule has 1 saturated heterocycles. The molecule has 0 N–H and O–H groups in total. The monoisotopic (exact) mass is 345 g/mol. The standard InChI is InChI=1S/C17H23N5OS/c1-12-7-8-15(10-13(12)2)22-17(18-19-20-22)24-11-16(23)21-9-5-4-6-14(21)3/h7-8,10,14H,4-6,9,11H2,1-3H3. The van der Waals surface area contributed by atoms with Crippen molar-refractivity contribution in [3.05, 3.63) is 29.3 Å². The largest absolute Gasteiger partial charge is 0.339 e. The number of tetrazole rings is 1. The van der Waals surface area contributed by atoms with Crippen molar-refractivity contribution in [1.29, 1.82) is 0 Å². The third-order valence-corrected chi connectivity index (χ3v) is 5.53. The van der Waals surface area contributed by atoms with Crippen LogP contribution in [-0.4, -0.2) is 49.4 Å². The highest BCUT2D eigenvalue weighted by Gasteiger charge is 2.23. The lowest BCUT2D eigenvalue weighted by atomic mass is 10.0. The molecule has 1 unspecified atom stereocenters. The van der Waals surface area contributed by atoms with Gasteiger partial charge in [-0.25, -0.2) is 0 Å². The molecule has 2 aromatic rings. The minimum Gasteiger partial charge on any atom is -0.339 e. The molecule has 128 valence electrons. The van der Waals surface area contributed by atoms with E-state index in [1.165, 1.54) is 29.3 Å². The molecule has 0 spiro atoms. The molecule has 1 aromatic heterocycles. The van der Waals surface area contributed by atoms with E-state index in [0.29, 0.717) is 17.0 Å². The molecule has 6 nitrogen and oxygen atoms in total. The molecule has 1 aliphatic heterocycles. The van der Waals surface area contributed by atoms with Gasteiger partial charge < -0.3 is 4.90 Å². The average molecular weight is 345 g/mol. The average Bonchev–Trinajstić information content (AvgIpc) is 3.04. The Morgan fingerprint density at radius 2 is 2.12 bits per heavy atom. The third-order valence-electron chi connectivity index (χ3n) is 4.62. The molecular formula is C17H23N5OS. The van der Waals surface area contributed by atoms with Gasteiger partial charge in [-0.1, -0.05) is 17.8 Å². The van der Waals surface area contributed by atoms with Gasteiger partial charge in [0.25, 0.3) is 0 Å². The number of likely N-dealkylation sites (tertiary alicyclic amines) is 1. The van der Waals surface area contributed by atoms with E-state index in [2.05, 4.69) is 48.4 Å². The third kappa shape index (κ3) is 3.61. The fraction of sp³-hybridized carbons (Fsp3) is 0.529. The second-order valence-electron chi connectivity index (χ2n) is 6.36. The van der Waals surface area contributed by atoms with Gasteiger partial charge in [-0.3, -0.25) is 4.79 Å². The quantitative estimate of drug-likeness (QED) is 0.797. The van der Waals surface area contributed by atoms with Crippen molar-refractivity contribution in [1.82, 2.24) is 25.1 Å². The molecule has 0 radical (unpaired) electrons. The SMILES string of the molecule is Cc1ccc(-n2nnnc2SCC(=O)N2CCCCC2C)cc1C. The van der Waals surface area contributed by atoms with E-state index in [-0.39, 0.29) is 5.91 Å². The van der Waals surface area contributed by atoms with Crippen molar-refractivity contribution in [2.45, 2.75) is 51.2 Å². The Bertz CT molecular complexity index is 730. The fourth-order valence-electron chi connectivity index (χ4n) is 2.97. The van der Waals surface area contributed by atoms with E-state index in [9.17, 15) is 4.79 Å². The number of aromatic nitrogens is 4. The highest BCUT2D eigenvalue weighted by atomic mass is 32.2. The first kappa shape index (κ1) is 17.0. The van der Waals surface area contributed by atoms with E-state index in [0.717, 1.165) is 25.1 Å². The predicted octanol–water partition coefficient (Wildman–Crippen LogP) is 2.77. The van der Waals surface area contributed by atoms with Crippen molar-refractivity contribution in [3.63, 3.8) is 0 Å². The molecule has 1 amide bonds. The minimum atomic E-state index is 0.168. The number of piperidine rings is 1. The van der Waals surface area contributed by atoms with E-state index < -0.39 is 0 Å². The number of hydrogen-bond donors (Lipinski definition) is 0. The summed E-state index contributed by atoms with van der Waals surface area (Å²) in [5.41, 5.74) is 3.34. The molecule has 1 aromatic carbocycles. The lowest BCUT2D eigenvalue weighted by Gasteiger charge is -2.33. The first-order valence-electron chi connectivity index (χ1n) is 8.34. The summed E-state index contributed by atoms with van der Waals surface area (Å²) >= 11 is 1.40. The van der Waals surface area contributed by atoms with Crippen LogP contribution < -0.4 is 0 Å². The summed E-state index contributed by atoms with van der Waals surface area (Å²) in [4.78, 5) is 14.5. The summed E-state index contributed by atoms with van der Waals surface area (Å²) in [6, 6.07) is 6.45. The van der Waals surface area contributed by atoms with Crippen LogP contribution in [0.3, 0.4) is 0 Å². The molecule has 0 bridgehead atoms. The van der Waals surface area contributed by atoms with Gasteiger partial charge in [0.1, 0.15) is 0 Å². The van der Waals surface area contributed by atoms with E-state index in [4.69, 9.17) is 0 Å². The minimum absolute atomic E-state index is 0.168. The normalized spacial score (nSPS) is 18.0. The first-order valence-corrected chi connectivity index (χ1v) is 9.33. The van der Waals surface area contributed by atoms with Gasteiger partial charge >= 0.3 is 0 Å². The lowest BCUT2D eigenvalue weighted by Crippen LogP contribution is -2.42. The summed E-state index contributed by atoms with van der Waals surface area (Å²) in [6.45, 7) is 7.13. The molecular weight excluding hydrogens is 322 g/mol. The molecule has 1 aliphatic rings. The topological polar surface area (TPSA) is 63.9 Å². The zero-order chi connectivity index (χ0) is 17.1. The Kier molecular flexibility index (Phi) is 5.18. The summed E-state index contributed by atoms with van der Waals surface area (Å²) in [7, 11) is 0. The molecule has 1 fully saturated rings. The van der Waals surface area contributed by atoms with Crippen molar-refractivity contribution in [3.8, 4) is 5.69 Å². The highest BCUT2D eigenvalue weighted by molar-refractivity contribution is 7.99. The van der Waals surface area contributed by atoms with Crippen LogP contribution in [0.15, 0.2) is 23.4 Å². The van der Waals surface area contributed by atoms with Crippen molar-refractivity contribution in [2.75, 3.05) is 12.3 Å². The van der Waals surface area contributed by atoms with Gasteiger partial charge in [0.05, 0.1) is 11.4 Å². The van der Waals surface area contributed by atoms with Crippen LogP contribution in [0, 0.1) is 13.8 Å². The molecule has 2 heterocycles. The summed E-state index contributed by atoms with van der Waals surface area (Å²) < 4.78 is 1.70. The van der Waals surface area contributed by atoms with E-state index in [1.807, 2.05) is 11.0 Å². The number of aryl methyl sites for hydroxylation is 2. The van der Waals surface area contributed by atoms with Crippen LogP contribution >= 0.6 is 11.8 Å². The number of carbonyl (C=O) groups is 1. The van der Waals surface area contributed by atoms with Crippen LogP contribution in [0.5, 0.6) is 0 Å². The molecule has 3 rings (SSSR count). The Morgan fingerprint density at radius 3 is 2.88 bits per heavy atom. The Morgan fingerprint density at radius 1 is 1.29 bits per heavy atom. The van der Waals surface area contributed by atoms with Gasteiger partial charge in [0.15, 0.2) is 0 Å². The summed E-state index contributed by atoms with van der Waals surface area (Å²) in [5, 5.41) is 12.6. The van der Waals surface area contributed by atoms with Gasteiger partial charge in [-0.05, 0) is 73.7 Å². The van der Waals surface area contributed by atoms with Crippen LogP contribution in [-0.2, 0) is 4.79 Å². The Hall–Kier alpha value is -1.89. The maximum absolute atomic E-state index is 12.5. The van der Waals surface area contributed by atoms with Gasteiger partial charge in [-0.2, -0.15) is 4.68 Å². The molecule has 0 aliphatic carbocycles. The first-order chi connectivity index (χ1) is 11.6. The Balaban J connectivity index is 1.69. The highest BCUT2D eigenvalue weighted by Crippen LogP contribution is 2.22. The van der Waals surface area contributed by atoms with Crippen LogP contribution in [0.1, 0.15) is 37.3 Å². The van der Waals surface area contributed by atoms with Crippen LogP contribution in [0.25, 0.3) is 5.69 Å². The second kappa shape index (κ2) is 7.34. The number of thioether (sulfide) groups is 1. The van der Waals surface area contributed by atoms with Crippen molar-refractivity contribution < 1.29 is 4.79 Å². The fourth-order valence-corrected chi connectivity index (χ4v) is 3.74.